The van der Waals surface area contributed by atoms with E-state index in [0.29, 0.717) is 12.8 Å². The summed E-state index contributed by atoms with van der Waals surface area (Å²) in [5, 5.41) is 33.3. The molecule has 0 saturated heterocycles. The Morgan fingerprint density at radius 3 is 0.918 bits per heavy atom. The van der Waals surface area contributed by atoms with Crippen molar-refractivity contribution in [3.63, 3.8) is 0 Å². The number of aliphatic hydroxyl groups excluding tert-OH is 3. The fraction of sp³-hybridized carbons (Fsp3) is 0.977. The first kappa shape index (κ1) is 48.3. The number of hydrogen-bond donors (Lipinski definition) is 4. The molecule has 0 bridgehead atoms. The van der Waals surface area contributed by atoms with E-state index in [-0.39, 0.29) is 6.61 Å². The second-order valence-corrected chi connectivity index (χ2v) is 15.6. The number of unbranched alkanes of at least 4 members (excludes halogenated alkanes) is 33. The molecule has 5 nitrogen and oxygen atoms in total. The lowest BCUT2D eigenvalue weighted by Crippen LogP contribution is -2.49. The highest BCUT2D eigenvalue weighted by Gasteiger charge is 2.23. The summed E-state index contributed by atoms with van der Waals surface area (Å²) in [6, 6.07) is -0.705. The largest absolute Gasteiger partial charge is 0.394 e. The Balaban J connectivity index is 3.57. The predicted octanol–water partition coefficient (Wildman–Crippen LogP) is 12.7. The minimum atomic E-state index is -1.07. The molecule has 4 N–H and O–H groups in total. The second-order valence-electron chi connectivity index (χ2n) is 15.6. The van der Waals surface area contributed by atoms with Crippen LogP contribution in [0.3, 0.4) is 0 Å². The molecule has 3 atom stereocenters. The van der Waals surface area contributed by atoms with Crippen LogP contribution < -0.4 is 5.32 Å². The fourth-order valence-electron chi connectivity index (χ4n) is 7.19. The SMILES string of the molecule is CCCCCCCCCCCCCCCCCCCCCCC(O)C(=O)NC(CO)C(O)CCCCCCCCCCCCCCCCC. The van der Waals surface area contributed by atoms with E-state index in [1.807, 2.05) is 0 Å². The number of rotatable bonds is 41. The molecule has 1 amide bonds. The van der Waals surface area contributed by atoms with E-state index in [0.717, 1.165) is 32.1 Å². The van der Waals surface area contributed by atoms with Crippen LogP contribution in [0.4, 0.5) is 0 Å². The van der Waals surface area contributed by atoms with Gasteiger partial charge in [-0.15, -0.1) is 0 Å². The third-order valence-corrected chi connectivity index (χ3v) is 10.7. The van der Waals surface area contributed by atoms with Gasteiger partial charge in [0.15, 0.2) is 0 Å². The molecule has 0 rings (SSSR count). The average molecular weight is 696 g/mol. The Bertz CT molecular complexity index is 644. The third kappa shape index (κ3) is 35.5. The maximum absolute atomic E-state index is 12.5. The van der Waals surface area contributed by atoms with E-state index in [2.05, 4.69) is 19.2 Å². The Morgan fingerprint density at radius 2 is 0.653 bits per heavy atom. The summed E-state index contributed by atoms with van der Waals surface area (Å²) in [5.74, 6) is -0.465. The van der Waals surface area contributed by atoms with Crippen molar-refractivity contribution in [2.24, 2.45) is 0 Å². The quantitative estimate of drug-likeness (QED) is 0.0479. The van der Waals surface area contributed by atoms with Crippen LogP contribution in [0, 0.1) is 0 Å². The number of hydrogen-bond acceptors (Lipinski definition) is 4. The van der Waals surface area contributed by atoms with Gasteiger partial charge >= 0.3 is 0 Å². The zero-order valence-corrected chi connectivity index (χ0v) is 33.4. The Morgan fingerprint density at radius 1 is 0.408 bits per heavy atom. The van der Waals surface area contributed by atoms with Crippen molar-refractivity contribution in [2.45, 2.75) is 270 Å². The van der Waals surface area contributed by atoms with Gasteiger partial charge in [-0.2, -0.15) is 0 Å². The fourth-order valence-corrected chi connectivity index (χ4v) is 7.19. The van der Waals surface area contributed by atoms with Crippen LogP contribution in [0.15, 0.2) is 0 Å². The normalized spacial score (nSPS) is 13.5. The highest BCUT2D eigenvalue weighted by molar-refractivity contribution is 5.80. The summed E-state index contributed by atoms with van der Waals surface area (Å²) in [5.41, 5.74) is 0. The van der Waals surface area contributed by atoms with Gasteiger partial charge in [-0.1, -0.05) is 239 Å². The summed E-state index contributed by atoms with van der Waals surface area (Å²) in [4.78, 5) is 12.5. The van der Waals surface area contributed by atoms with Crippen molar-refractivity contribution >= 4 is 5.91 Å². The van der Waals surface area contributed by atoms with E-state index in [1.165, 1.54) is 193 Å². The number of aliphatic hydroxyl groups is 3. The molecule has 294 valence electrons. The molecule has 0 radical (unpaired) electrons. The van der Waals surface area contributed by atoms with Crippen molar-refractivity contribution < 1.29 is 20.1 Å². The molecule has 0 aromatic rings. The molecule has 0 saturated carbocycles. The first-order valence-electron chi connectivity index (χ1n) is 22.3. The third-order valence-electron chi connectivity index (χ3n) is 10.7. The van der Waals surface area contributed by atoms with E-state index >= 15 is 0 Å². The van der Waals surface area contributed by atoms with E-state index in [9.17, 15) is 20.1 Å². The van der Waals surface area contributed by atoms with Crippen molar-refractivity contribution in [1.29, 1.82) is 0 Å². The highest BCUT2D eigenvalue weighted by Crippen LogP contribution is 2.17. The van der Waals surface area contributed by atoms with Gasteiger partial charge in [-0.05, 0) is 12.8 Å². The highest BCUT2D eigenvalue weighted by atomic mass is 16.3. The lowest BCUT2D eigenvalue weighted by atomic mass is 10.0. The standard InChI is InChI=1S/C44H89NO4/c1-3-5-7-9-11-13-15-17-19-20-21-22-23-25-27-29-31-33-35-37-39-43(48)44(49)45-41(40-46)42(47)38-36-34-32-30-28-26-24-18-16-14-12-10-8-6-4-2/h41-43,46-48H,3-40H2,1-2H3,(H,45,49). The van der Waals surface area contributed by atoms with Crippen LogP contribution in [0.1, 0.15) is 251 Å². The molecular weight excluding hydrogens is 606 g/mol. The molecule has 0 aliphatic rings. The Labute approximate surface area is 307 Å². The van der Waals surface area contributed by atoms with Gasteiger partial charge in [0.05, 0.1) is 18.8 Å². The van der Waals surface area contributed by atoms with E-state index in [1.54, 1.807) is 0 Å². The van der Waals surface area contributed by atoms with E-state index in [4.69, 9.17) is 0 Å². The summed E-state index contributed by atoms with van der Waals surface area (Å²) < 4.78 is 0. The maximum atomic E-state index is 12.5. The predicted molar refractivity (Wildman–Crippen MR) is 213 cm³/mol. The number of amides is 1. The minimum absolute atomic E-state index is 0.308. The van der Waals surface area contributed by atoms with Crippen molar-refractivity contribution in [3.05, 3.63) is 0 Å². The van der Waals surface area contributed by atoms with Gasteiger partial charge in [0.1, 0.15) is 6.10 Å². The monoisotopic (exact) mass is 696 g/mol. The van der Waals surface area contributed by atoms with Crippen molar-refractivity contribution in [3.8, 4) is 0 Å². The minimum Gasteiger partial charge on any atom is -0.394 e. The molecule has 0 aromatic carbocycles. The summed E-state index contributed by atoms with van der Waals surface area (Å²) in [7, 11) is 0. The van der Waals surface area contributed by atoms with Crippen LogP contribution in [0.25, 0.3) is 0 Å². The summed E-state index contributed by atoms with van der Waals surface area (Å²) >= 11 is 0. The molecular formula is C44H89NO4. The van der Waals surface area contributed by atoms with Crippen molar-refractivity contribution in [2.75, 3.05) is 6.61 Å². The van der Waals surface area contributed by atoms with Crippen LogP contribution in [0.5, 0.6) is 0 Å². The second kappa shape index (κ2) is 40.1. The van der Waals surface area contributed by atoms with Crippen LogP contribution in [-0.2, 0) is 4.79 Å². The molecule has 49 heavy (non-hydrogen) atoms. The van der Waals surface area contributed by atoms with Crippen LogP contribution in [-0.4, -0.2) is 46.1 Å². The maximum Gasteiger partial charge on any atom is 0.249 e. The molecule has 0 fully saturated rings. The first-order valence-corrected chi connectivity index (χ1v) is 22.3. The molecule has 0 spiro atoms. The topological polar surface area (TPSA) is 89.8 Å². The zero-order valence-electron chi connectivity index (χ0n) is 33.4. The number of carbonyl (C=O) groups excluding carboxylic acids is 1. The molecule has 5 heteroatoms. The number of carbonyl (C=O) groups is 1. The molecule has 0 aliphatic heterocycles. The average Bonchev–Trinajstić information content (AvgIpc) is 3.11. The van der Waals surface area contributed by atoms with Gasteiger partial charge in [-0.3, -0.25) is 4.79 Å². The lowest BCUT2D eigenvalue weighted by molar-refractivity contribution is -0.131. The van der Waals surface area contributed by atoms with Gasteiger partial charge in [0.2, 0.25) is 5.91 Å². The molecule has 3 unspecified atom stereocenters. The summed E-state index contributed by atoms with van der Waals surface area (Å²) in [6.07, 6.45) is 45.3. The number of nitrogens with one attached hydrogen (secondary N) is 1. The van der Waals surface area contributed by atoms with Gasteiger partial charge in [-0.25, -0.2) is 0 Å². The van der Waals surface area contributed by atoms with Crippen LogP contribution >= 0.6 is 0 Å². The molecule has 0 aromatic heterocycles. The van der Waals surface area contributed by atoms with Gasteiger partial charge < -0.3 is 20.6 Å². The van der Waals surface area contributed by atoms with Crippen molar-refractivity contribution in [1.82, 2.24) is 5.32 Å². The molecule has 0 heterocycles. The van der Waals surface area contributed by atoms with Crippen LogP contribution in [0.2, 0.25) is 0 Å². The van der Waals surface area contributed by atoms with Gasteiger partial charge in [0.25, 0.3) is 0 Å². The Kier molecular flexibility index (Phi) is 39.6. The Hall–Kier alpha value is -0.650. The molecule has 0 aliphatic carbocycles. The summed E-state index contributed by atoms with van der Waals surface area (Å²) in [6.45, 7) is 4.25. The first-order chi connectivity index (χ1) is 24.1. The van der Waals surface area contributed by atoms with E-state index < -0.39 is 24.2 Å². The lowest BCUT2D eigenvalue weighted by Gasteiger charge is -2.23. The zero-order chi connectivity index (χ0) is 35.9. The smallest absolute Gasteiger partial charge is 0.249 e. The van der Waals surface area contributed by atoms with Gasteiger partial charge in [0, 0.05) is 0 Å².